The fourth-order valence-electron chi connectivity index (χ4n) is 1.12. The third kappa shape index (κ3) is 1.27. The summed E-state index contributed by atoms with van der Waals surface area (Å²) in [5.41, 5.74) is 4.98. The number of nitrogens with two attached hydrogens (primary N) is 1. The molecule has 74 valence electrons. The number of aromatic nitrogens is 1. The Kier molecular flexibility index (Phi) is 2.16. The van der Waals surface area contributed by atoms with Crippen molar-refractivity contribution in [1.82, 2.24) is 4.98 Å². The van der Waals surface area contributed by atoms with Crippen LogP contribution in [-0.2, 0) is 6.54 Å². The van der Waals surface area contributed by atoms with Crippen molar-refractivity contribution in [1.29, 1.82) is 0 Å². The zero-order chi connectivity index (χ0) is 10.3. The summed E-state index contributed by atoms with van der Waals surface area (Å²) < 4.78 is 38.9. The van der Waals surface area contributed by atoms with Crippen LogP contribution in [0.2, 0.25) is 0 Å². The van der Waals surface area contributed by atoms with Gasteiger partial charge < -0.3 is 5.73 Å². The maximum atomic E-state index is 13.1. The SMILES string of the molecule is NCc1nc2c(F)c(F)cc(F)c2s1. The largest absolute Gasteiger partial charge is 0.325 e. The van der Waals surface area contributed by atoms with Crippen molar-refractivity contribution in [2.45, 2.75) is 6.54 Å². The number of fused-ring (bicyclic) bond motifs is 1. The van der Waals surface area contributed by atoms with Gasteiger partial charge in [-0.05, 0) is 0 Å². The molecule has 0 fully saturated rings. The van der Waals surface area contributed by atoms with Crippen LogP contribution in [-0.4, -0.2) is 4.98 Å². The first-order valence-electron chi connectivity index (χ1n) is 3.76. The third-order valence-corrected chi connectivity index (χ3v) is 2.82. The molecule has 2 N–H and O–H groups in total. The van der Waals surface area contributed by atoms with Gasteiger partial charge in [-0.1, -0.05) is 0 Å². The third-order valence-electron chi connectivity index (χ3n) is 1.73. The van der Waals surface area contributed by atoms with E-state index in [1.54, 1.807) is 0 Å². The Morgan fingerprint density at radius 2 is 2.00 bits per heavy atom. The molecule has 1 aromatic carbocycles. The molecular weight excluding hydrogens is 213 g/mol. The summed E-state index contributed by atoms with van der Waals surface area (Å²) in [6.45, 7) is 0.0832. The van der Waals surface area contributed by atoms with Gasteiger partial charge in [0.2, 0.25) is 0 Å². The number of halogens is 3. The summed E-state index contributed by atoms with van der Waals surface area (Å²) in [6.07, 6.45) is 0. The molecular formula is C8H5F3N2S. The normalized spacial score (nSPS) is 11.1. The smallest absolute Gasteiger partial charge is 0.186 e. The number of hydrogen-bond acceptors (Lipinski definition) is 3. The second-order valence-electron chi connectivity index (χ2n) is 2.64. The highest BCUT2D eigenvalue weighted by Crippen LogP contribution is 2.28. The molecule has 0 unspecified atom stereocenters. The molecule has 1 heterocycles. The van der Waals surface area contributed by atoms with Crippen LogP contribution in [0, 0.1) is 17.5 Å². The highest BCUT2D eigenvalue weighted by Gasteiger charge is 2.16. The van der Waals surface area contributed by atoms with Gasteiger partial charge in [0, 0.05) is 12.6 Å². The fourth-order valence-corrected chi connectivity index (χ4v) is 1.96. The van der Waals surface area contributed by atoms with Crippen LogP contribution in [0.5, 0.6) is 0 Å². The number of rotatable bonds is 1. The van der Waals surface area contributed by atoms with E-state index in [9.17, 15) is 13.2 Å². The topological polar surface area (TPSA) is 38.9 Å². The second-order valence-corrected chi connectivity index (χ2v) is 3.73. The predicted octanol–water partition coefficient (Wildman–Crippen LogP) is 2.17. The van der Waals surface area contributed by atoms with Crippen LogP contribution in [0.1, 0.15) is 5.01 Å². The minimum Gasteiger partial charge on any atom is -0.325 e. The van der Waals surface area contributed by atoms with E-state index in [0.717, 1.165) is 11.3 Å². The van der Waals surface area contributed by atoms with Gasteiger partial charge in [0.15, 0.2) is 11.6 Å². The van der Waals surface area contributed by atoms with E-state index in [0.29, 0.717) is 11.1 Å². The van der Waals surface area contributed by atoms with Gasteiger partial charge in [0.1, 0.15) is 16.3 Å². The summed E-state index contributed by atoms with van der Waals surface area (Å²) in [4.78, 5) is 3.69. The van der Waals surface area contributed by atoms with E-state index in [2.05, 4.69) is 4.98 Å². The molecule has 0 radical (unpaired) electrons. The minimum atomic E-state index is -1.23. The monoisotopic (exact) mass is 218 g/mol. The highest BCUT2D eigenvalue weighted by molar-refractivity contribution is 7.18. The van der Waals surface area contributed by atoms with Gasteiger partial charge in [-0.2, -0.15) is 0 Å². The van der Waals surface area contributed by atoms with E-state index in [1.807, 2.05) is 0 Å². The number of nitrogens with zero attached hydrogens (tertiary/aromatic N) is 1. The average Bonchev–Trinajstić information content (AvgIpc) is 2.58. The van der Waals surface area contributed by atoms with E-state index >= 15 is 0 Å². The number of thiazole rings is 1. The first-order valence-corrected chi connectivity index (χ1v) is 4.58. The Balaban J connectivity index is 2.84. The number of benzene rings is 1. The average molecular weight is 218 g/mol. The van der Waals surface area contributed by atoms with Crippen molar-refractivity contribution in [3.63, 3.8) is 0 Å². The van der Waals surface area contributed by atoms with Crippen LogP contribution in [0.4, 0.5) is 13.2 Å². The molecule has 0 bridgehead atoms. The van der Waals surface area contributed by atoms with E-state index in [1.165, 1.54) is 0 Å². The quantitative estimate of drug-likeness (QED) is 0.745. The molecule has 0 spiro atoms. The summed E-state index contributed by atoms with van der Waals surface area (Å²) in [7, 11) is 0. The lowest BCUT2D eigenvalue weighted by atomic mass is 10.3. The first-order chi connectivity index (χ1) is 6.63. The van der Waals surface area contributed by atoms with Crippen LogP contribution >= 0.6 is 11.3 Å². The Morgan fingerprint density at radius 1 is 1.29 bits per heavy atom. The second kappa shape index (κ2) is 3.21. The van der Waals surface area contributed by atoms with Crippen molar-refractivity contribution in [3.8, 4) is 0 Å². The maximum Gasteiger partial charge on any atom is 0.186 e. The lowest BCUT2D eigenvalue weighted by Gasteiger charge is -1.94. The molecule has 6 heteroatoms. The Morgan fingerprint density at radius 3 is 2.64 bits per heavy atom. The molecule has 2 nitrogen and oxygen atoms in total. The van der Waals surface area contributed by atoms with Crippen molar-refractivity contribution in [3.05, 3.63) is 28.5 Å². The van der Waals surface area contributed by atoms with Crippen molar-refractivity contribution >= 4 is 21.6 Å². The molecule has 14 heavy (non-hydrogen) atoms. The zero-order valence-electron chi connectivity index (χ0n) is 6.85. The van der Waals surface area contributed by atoms with Crippen LogP contribution in [0.25, 0.3) is 10.2 Å². The van der Waals surface area contributed by atoms with Crippen molar-refractivity contribution in [2.24, 2.45) is 5.73 Å². The molecule has 1 aromatic heterocycles. The Labute approximate surface area is 81.2 Å². The van der Waals surface area contributed by atoms with Crippen LogP contribution < -0.4 is 5.73 Å². The lowest BCUT2D eigenvalue weighted by Crippen LogP contribution is -1.94. The maximum absolute atomic E-state index is 13.1. The van der Waals surface area contributed by atoms with Gasteiger partial charge >= 0.3 is 0 Å². The predicted molar refractivity (Wildman–Crippen MR) is 47.4 cm³/mol. The fraction of sp³-hybridized carbons (Fsp3) is 0.125. The summed E-state index contributed by atoms with van der Waals surface area (Å²) in [5, 5.41) is 0.378. The Hall–Kier alpha value is -1.14. The molecule has 0 aliphatic heterocycles. The molecule has 2 rings (SSSR count). The number of hydrogen-bond donors (Lipinski definition) is 1. The van der Waals surface area contributed by atoms with E-state index < -0.39 is 17.5 Å². The van der Waals surface area contributed by atoms with Crippen molar-refractivity contribution in [2.75, 3.05) is 0 Å². The van der Waals surface area contributed by atoms with Crippen LogP contribution in [0.3, 0.4) is 0 Å². The summed E-state index contributed by atoms with van der Waals surface area (Å²) >= 11 is 0.929. The highest BCUT2D eigenvalue weighted by atomic mass is 32.1. The first kappa shape index (κ1) is 9.42. The molecule has 0 aliphatic rings. The van der Waals surface area contributed by atoms with Gasteiger partial charge in [-0.25, -0.2) is 18.2 Å². The van der Waals surface area contributed by atoms with Gasteiger partial charge in [0.05, 0.1) is 4.70 Å². The lowest BCUT2D eigenvalue weighted by molar-refractivity contribution is 0.504. The minimum absolute atomic E-state index is 0.00403. The van der Waals surface area contributed by atoms with E-state index in [4.69, 9.17) is 5.73 Å². The van der Waals surface area contributed by atoms with E-state index in [-0.39, 0.29) is 16.8 Å². The molecule has 0 atom stereocenters. The molecule has 0 aliphatic carbocycles. The van der Waals surface area contributed by atoms with Gasteiger partial charge in [-0.15, -0.1) is 11.3 Å². The molecule has 0 saturated carbocycles. The standard InChI is InChI=1S/C8H5F3N2S/c9-3-1-4(10)8-7(6(3)11)13-5(2-12)14-8/h1H,2,12H2. The molecule has 2 aromatic rings. The zero-order valence-corrected chi connectivity index (χ0v) is 7.67. The molecule has 0 saturated heterocycles. The summed E-state index contributed by atoms with van der Waals surface area (Å²) in [5.74, 6) is -3.17. The van der Waals surface area contributed by atoms with Gasteiger partial charge in [0.25, 0.3) is 0 Å². The van der Waals surface area contributed by atoms with Crippen molar-refractivity contribution < 1.29 is 13.2 Å². The van der Waals surface area contributed by atoms with Gasteiger partial charge in [-0.3, -0.25) is 0 Å². The summed E-state index contributed by atoms with van der Waals surface area (Å²) in [6, 6.07) is 0.510. The van der Waals surface area contributed by atoms with Crippen LogP contribution in [0.15, 0.2) is 6.07 Å². The Bertz CT molecular complexity index is 495. The molecule has 0 amide bonds.